The van der Waals surface area contributed by atoms with Crippen LogP contribution in [0.4, 0.5) is 26.3 Å². The molecule has 0 saturated carbocycles. The zero-order valence-electron chi connectivity index (χ0n) is 13.9. The summed E-state index contributed by atoms with van der Waals surface area (Å²) in [5.74, 6) is -4.02. The molecule has 2 unspecified atom stereocenters. The van der Waals surface area contributed by atoms with Gasteiger partial charge < -0.3 is 20.1 Å². The molecular weight excluding hydrogens is 390 g/mol. The Morgan fingerprint density at radius 3 is 1.59 bits per heavy atom. The number of hydrogen-bond acceptors (Lipinski definition) is 5. The zero-order valence-corrected chi connectivity index (χ0v) is 13.9. The lowest BCUT2D eigenvalue weighted by atomic mass is 10.1. The highest BCUT2D eigenvalue weighted by Gasteiger charge is 2.57. The van der Waals surface area contributed by atoms with Gasteiger partial charge >= 0.3 is 24.3 Å². The molecule has 0 fully saturated rings. The summed E-state index contributed by atoms with van der Waals surface area (Å²) in [6.45, 7) is 0.224. The molecule has 0 aliphatic rings. The van der Waals surface area contributed by atoms with E-state index in [1.54, 1.807) is 30.3 Å². The van der Waals surface area contributed by atoms with Crippen molar-refractivity contribution < 1.29 is 56.0 Å². The molecule has 0 aliphatic heterocycles. The average molecular weight is 406 g/mol. The molecule has 0 bridgehead atoms. The van der Waals surface area contributed by atoms with E-state index < -0.39 is 35.5 Å². The average Bonchev–Trinajstić information content (AvgIpc) is 2.51. The van der Waals surface area contributed by atoms with Crippen LogP contribution < -0.4 is 0 Å². The summed E-state index contributed by atoms with van der Waals surface area (Å²) >= 11 is 0. The maximum Gasteiger partial charge on any atom is 0.427 e. The fourth-order valence-electron chi connectivity index (χ4n) is 1.10. The number of halogens is 6. The first-order valence-electron chi connectivity index (χ1n) is 6.97. The van der Waals surface area contributed by atoms with E-state index in [0.717, 1.165) is 0 Å². The van der Waals surface area contributed by atoms with Crippen LogP contribution in [0.3, 0.4) is 0 Å². The number of carboxylic acids is 1. The molecule has 1 rings (SSSR count). The Bertz CT molecular complexity index is 636. The standard InChI is InChI=1S/C11H11F3O3.C4H5F3O3/c1-10(16,11(12,13)14)9(15)17-7-8-5-3-2-4-6-8;1-3(10,2(8)9)4(5,6)7/h2-6,16H,7H2,1H3;10H,1H3,(H,8,9). The number of carboxylic acid groups (broad SMARTS) is 1. The SMILES string of the molecule is CC(O)(C(=O)O)C(F)(F)F.CC(O)(C(=O)OCc1ccccc1)C(F)(F)F. The maximum absolute atomic E-state index is 12.3. The van der Waals surface area contributed by atoms with Crippen molar-refractivity contribution in [3.63, 3.8) is 0 Å². The minimum Gasteiger partial charge on any atom is -0.479 e. The number of rotatable bonds is 4. The Kier molecular flexibility index (Phi) is 7.82. The number of benzene rings is 1. The number of hydrogen-bond donors (Lipinski definition) is 3. The Morgan fingerprint density at radius 1 is 0.889 bits per heavy atom. The molecule has 0 aliphatic carbocycles. The van der Waals surface area contributed by atoms with E-state index in [0.29, 0.717) is 12.5 Å². The number of ether oxygens (including phenoxy) is 1. The lowest BCUT2D eigenvalue weighted by Gasteiger charge is -2.23. The first-order valence-corrected chi connectivity index (χ1v) is 6.97. The summed E-state index contributed by atoms with van der Waals surface area (Å²) in [7, 11) is 0. The van der Waals surface area contributed by atoms with Gasteiger partial charge in [-0.05, 0) is 19.4 Å². The minimum absolute atomic E-state index is 0.176. The van der Waals surface area contributed by atoms with Gasteiger partial charge in [-0.25, -0.2) is 9.59 Å². The van der Waals surface area contributed by atoms with Gasteiger partial charge in [-0.3, -0.25) is 0 Å². The maximum atomic E-state index is 12.3. The quantitative estimate of drug-likeness (QED) is 0.524. The molecule has 6 nitrogen and oxygen atoms in total. The molecule has 0 heterocycles. The Morgan fingerprint density at radius 2 is 1.30 bits per heavy atom. The van der Waals surface area contributed by atoms with Crippen LogP contribution in [0.15, 0.2) is 30.3 Å². The molecule has 0 aromatic heterocycles. The summed E-state index contributed by atoms with van der Waals surface area (Å²) in [5.41, 5.74) is -6.59. The molecule has 1 aromatic carbocycles. The molecule has 0 amide bonds. The van der Waals surface area contributed by atoms with E-state index in [1.807, 2.05) is 0 Å². The van der Waals surface area contributed by atoms with E-state index >= 15 is 0 Å². The van der Waals surface area contributed by atoms with Crippen LogP contribution in [0.1, 0.15) is 19.4 Å². The van der Waals surface area contributed by atoms with E-state index in [1.165, 1.54) is 0 Å². The molecule has 0 saturated heterocycles. The number of aliphatic hydroxyl groups is 2. The van der Waals surface area contributed by atoms with Gasteiger partial charge in [-0.15, -0.1) is 0 Å². The smallest absolute Gasteiger partial charge is 0.427 e. The van der Waals surface area contributed by atoms with Crippen LogP contribution in [-0.4, -0.2) is 50.8 Å². The second kappa shape index (κ2) is 8.57. The van der Waals surface area contributed by atoms with Crippen LogP contribution >= 0.6 is 0 Å². The van der Waals surface area contributed by atoms with Crippen molar-refractivity contribution >= 4 is 11.9 Å². The fourth-order valence-corrected chi connectivity index (χ4v) is 1.10. The third-order valence-electron chi connectivity index (χ3n) is 3.13. The molecule has 0 spiro atoms. The molecule has 27 heavy (non-hydrogen) atoms. The van der Waals surface area contributed by atoms with Crippen LogP contribution in [0.5, 0.6) is 0 Å². The van der Waals surface area contributed by atoms with E-state index in [2.05, 4.69) is 4.74 Å². The van der Waals surface area contributed by atoms with Crippen LogP contribution in [0, 0.1) is 0 Å². The normalized spacial score (nSPS) is 16.2. The monoisotopic (exact) mass is 406 g/mol. The summed E-state index contributed by atoms with van der Waals surface area (Å²) in [4.78, 5) is 20.8. The lowest BCUT2D eigenvalue weighted by Crippen LogP contribution is -2.50. The van der Waals surface area contributed by atoms with Crippen LogP contribution in [0.25, 0.3) is 0 Å². The van der Waals surface area contributed by atoms with Gasteiger partial charge in [0, 0.05) is 0 Å². The number of carbonyl (C=O) groups is 2. The molecule has 12 heteroatoms. The largest absolute Gasteiger partial charge is 0.479 e. The fraction of sp³-hybridized carbons (Fsp3) is 0.467. The topological polar surface area (TPSA) is 104 Å². The van der Waals surface area contributed by atoms with Crippen molar-refractivity contribution in [1.82, 2.24) is 0 Å². The first kappa shape index (κ1) is 24.7. The summed E-state index contributed by atoms with van der Waals surface area (Å²) < 4.78 is 75.5. The van der Waals surface area contributed by atoms with Crippen molar-refractivity contribution in [2.45, 2.75) is 44.0 Å². The van der Waals surface area contributed by atoms with Crippen LogP contribution in [0.2, 0.25) is 0 Å². The third kappa shape index (κ3) is 6.71. The van der Waals surface area contributed by atoms with E-state index in [9.17, 15) is 35.9 Å². The van der Waals surface area contributed by atoms with Gasteiger partial charge in [0.1, 0.15) is 6.61 Å². The van der Waals surface area contributed by atoms with Gasteiger partial charge in [0.2, 0.25) is 0 Å². The highest BCUT2D eigenvalue weighted by molar-refractivity contribution is 5.79. The van der Waals surface area contributed by atoms with Crippen molar-refractivity contribution in [3.8, 4) is 0 Å². The number of aliphatic carboxylic acids is 1. The van der Waals surface area contributed by atoms with E-state index in [4.69, 9.17) is 15.3 Å². The highest BCUT2D eigenvalue weighted by Crippen LogP contribution is 2.31. The van der Waals surface area contributed by atoms with Gasteiger partial charge in [-0.1, -0.05) is 30.3 Å². The predicted molar refractivity (Wildman–Crippen MR) is 77.2 cm³/mol. The summed E-state index contributed by atoms with van der Waals surface area (Å²) in [5, 5.41) is 25.0. The molecule has 0 radical (unpaired) electrons. The lowest BCUT2D eigenvalue weighted by molar-refractivity contribution is -0.257. The molecule has 2 atom stereocenters. The zero-order chi connectivity index (χ0) is 21.7. The van der Waals surface area contributed by atoms with Gasteiger partial charge in [0.15, 0.2) is 0 Å². The number of esters is 1. The van der Waals surface area contributed by atoms with Crippen molar-refractivity contribution in [2.24, 2.45) is 0 Å². The van der Waals surface area contributed by atoms with Crippen molar-refractivity contribution in [2.75, 3.05) is 0 Å². The Labute approximate surface area is 149 Å². The Hall–Kier alpha value is -2.34. The number of alkyl halides is 6. The number of carbonyl (C=O) groups excluding carboxylic acids is 1. The van der Waals surface area contributed by atoms with Gasteiger partial charge in [-0.2, -0.15) is 26.3 Å². The predicted octanol–water partition coefficient (Wildman–Crippen LogP) is 2.43. The highest BCUT2D eigenvalue weighted by atomic mass is 19.4. The van der Waals surface area contributed by atoms with Crippen molar-refractivity contribution in [1.29, 1.82) is 0 Å². The Balaban J connectivity index is 0.000000580. The second-order valence-electron chi connectivity index (χ2n) is 5.51. The van der Waals surface area contributed by atoms with Gasteiger partial charge in [0.25, 0.3) is 11.2 Å². The van der Waals surface area contributed by atoms with Gasteiger partial charge in [0.05, 0.1) is 0 Å². The molecular formula is C15H16F6O6. The summed E-state index contributed by atoms with van der Waals surface area (Å²) in [6, 6.07) is 8.22. The van der Waals surface area contributed by atoms with Crippen LogP contribution in [-0.2, 0) is 20.9 Å². The minimum atomic E-state index is -5.13. The van der Waals surface area contributed by atoms with Crippen molar-refractivity contribution in [3.05, 3.63) is 35.9 Å². The van der Waals surface area contributed by atoms with E-state index in [-0.39, 0.29) is 13.5 Å². The first-order chi connectivity index (χ1) is 11.9. The molecule has 154 valence electrons. The second-order valence-corrected chi connectivity index (χ2v) is 5.51. The molecule has 3 N–H and O–H groups in total. The molecule has 1 aromatic rings. The third-order valence-corrected chi connectivity index (χ3v) is 3.13. The summed E-state index contributed by atoms with van der Waals surface area (Å²) in [6.07, 6.45) is -10.2.